The number of amides is 1. The molecular formula is C12H20N4O3. The molecule has 0 fully saturated rings. The van der Waals surface area contributed by atoms with Crippen LogP contribution in [0, 0.1) is 0 Å². The molecule has 0 saturated carbocycles. The largest absolute Gasteiger partial charge is 0.467 e. The number of likely N-dealkylation sites (N-methyl/N-ethyl adjacent to an activating group) is 1. The number of aromatic amines is 1. The molecule has 0 aromatic carbocycles. The zero-order chi connectivity index (χ0) is 14.3. The Kier molecular flexibility index (Phi) is 6.01. The van der Waals surface area contributed by atoms with E-state index in [1.165, 1.54) is 13.4 Å². The predicted molar refractivity (Wildman–Crippen MR) is 69.4 cm³/mol. The first-order valence-corrected chi connectivity index (χ1v) is 6.09. The molecule has 0 bridgehead atoms. The highest BCUT2D eigenvalue weighted by Gasteiger charge is 2.22. The smallest absolute Gasteiger partial charge is 0.328 e. The number of nitrogens with one attached hydrogen (secondary N) is 2. The van der Waals surface area contributed by atoms with Crippen LogP contribution in [0.3, 0.4) is 0 Å². The van der Waals surface area contributed by atoms with Crippen LogP contribution >= 0.6 is 0 Å². The van der Waals surface area contributed by atoms with Crippen molar-refractivity contribution in [2.75, 3.05) is 27.2 Å². The van der Waals surface area contributed by atoms with Crippen molar-refractivity contribution in [3.63, 3.8) is 0 Å². The lowest BCUT2D eigenvalue weighted by Gasteiger charge is -2.18. The van der Waals surface area contributed by atoms with Crippen LogP contribution in [0.2, 0.25) is 0 Å². The highest BCUT2D eigenvalue weighted by atomic mass is 16.5. The summed E-state index contributed by atoms with van der Waals surface area (Å²) >= 11 is 0. The second-order valence-electron chi connectivity index (χ2n) is 4.25. The number of hydrogen-bond acceptors (Lipinski definition) is 5. The first-order valence-electron chi connectivity index (χ1n) is 6.09. The standard InChI is InChI=1S/C12H20N4O3/c1-4-16(2)7-11(17)15-10(12(18)19-3)5-9-6-13-8-14-9/h6,8,10H,4-5,7H2,1-3H3,(H,13,14)(H,15,17)/t10-/m0/s1. The van der Waals surface area contributed by atoms with Gasteiger partial charge in [0.05, 0.1) is 20.0 Å². The molecule has 1 amide bonds. The van der Waals surface area contributed by atoms with Crippen LogP contribution in [0.1, 0.15) is 12.6 Å². The Labute approximate surface area is 112 Å². The molecule has 2 N–H and O–H groups in total. The molecule has 19 heavy (non-hydrogen) atoms. The Morgan fingerprint density at radius 1 is 1.58 bits per heavy atom. The molecule has 1 aromatic heterocycles. The number of H-pyrrole nitrogens is 1. The average Bonchev–Trinajstić information content (AvgIpc) is 2.89. The van der Waals surface area contributed by atoms with Gasteiger partial charge in [-0.1, -0.05) is 6.92 Å². The molecule has 1 aromatic rings. The van der Waals surface area contributed by atoms with Crippen LogP contribution in [-0.2, 0) is 20.7 Å². The maximum absolute atomic E-state index is 11.8. The predicted octanol–water partition coefficient (Wildman–Crippen LogP) is -0.438. The lowest BCUT2D eigenvalue weighted by atomic mass is 10.1. The third-order valence-corrected chi connectivity index (χ3v) is 2.75. The summed E-state index contributed by atoms with van der Waals surface area (Å²) in [6.45, 7) is 2.96. The summed E-state index contributed by atoms with van der Waals surface area (Å²) in [4.78, 5) is 32.0. The first kappa shape index (κ1) is 15.2. The van der Waals surface area contributed by atoms with Crippen LogP contribution in [0.4, 0.5) is 0 Å². The fourth-order valence-electron chi connectivity index (χ4n) is 1.55. The number of carbonyl (C=O) groups is 2. The van der Waals surface area contributed by atoms with Gasteiger partial charge in [0.1, 0.15) is 6.04 Å². The third kappa shape index (κ3) is 5.09. The molecule has 1 heterocycles. The minimum absolute atomic E-state index is 0.209. The highest BCUT2D eigenvalue weighted by molar-refractivity contribution is 5.85. The van der Waals surface area contributed by atoms with Crippen LogP contribution in [-0.4, -0.2) is 60.0 Å². The van der Waals surface area contributed by atoms with Crippen molar-refractivity contribution in [3.05, 3.63) is 18.2 Å². The number of hydrogen-bond donors (Lipinski definition) is 2. The van der Waals surface area contributed by atoms with E-state index in [9.17, 15) is 9.59 Å². The Morgan fingerprint density at radius 3 is 2.84 bits per heavy atom. The van der Waals surface area contributed by atoms with E-state index in [0.29, 0.717) is 6.42 Å². The maximum Gasteiger partial charge on any atom is 0.328 e. The molecule has 0 radical (unpaired) electrons. The van der Waals surface area contributed by atoms with E-state index >= 15 is 0 Å². The molecule has 7 heteroatoms. The first-order chi connectivity index (χ1) is 9.06. The molecule has 0 saturated heterocycles. The third-order valence-electron chi connectivity index (χ3n) is 2.75. The van der Waals surface area contributed by atoms with Gasteiger partial charge in [-0.25, -0.2) is 9.78 Å². The zero-order valence-electron chi connectivity index (χ0n) is 11.5. The van der Waals surface area contributed by atoms with Gasteiger partial charge in [0.15, 0.2) is 0 Å². The van der Waals surface area contributed by atoms with Crippen LogP contribution in [0.15, 0.2) is 12.5 Å². The number of rotatable bonds is 7. The molecule has 1 rings (SSSR count). The van der Waals surface area contributed by atoms with Gasteiger partial charge in [-0.05, 0) is 13.6 Å². The Hall–Kier alpha value is -1.89. The van der Waals surface area contributed by atoms with Gasteiger partial charge in [-0.15, -0.1) is 0 Å². The van der Waals surface area contributed by atoms with Gasteiger partial charge in [0.25, 0.3) is 0 Å². The van der Waals surface area contributed by atoms with Gasteiger partial charge < -0.3 is 15.0 Å². The molecular weight excluding hydrogens is 248 g/mol. The minimum Gasteiger partial charge on any atom is -0.467 e. The van der Waals surface area contributed by atoms with Crippen molar-refractivity contribution < 1.29 is 14.3 Å². The average molecular weight is 268 g/mol. The maximum atomic E-state index is 11.8. The monoisotopic (exact) mass is 268 g/mol. The number of nitrogens with zero attached hydrogens (tertiary/aromatic N) is 2. The molecule has 1 atom stereocenters. The molecule has 106 valence electrons. The minimum atomic E-state index is -0.705. The Balaban J connectivity index is 2.59. The van der Waals surface area contributed by atoms with E-state index in [-0.39, 0.29) is 12.5 Å². The van der Waals surface area contributed by atoms with Gasteiger partial charge in [0, 0.05) is 18.3 Å². The van der Waals surface area contributed by atoms with E-state index in [4.69, 9.17) is 4.74 Å². The Morgan fingerprint density at radius 2 is 2.32 bits per heavy atom. The van der Waals surface area contributed by atoms with Crippen molar-refractivity contribution >= 4 is 11.9 Å². The SMILES string of the molecule is CCN(C)CC(=O)N[C@@H](Cc1cnc[nH]1)C(=O)OC. The number of methoxy groups -OCH3 is 1. The van der Waals surface area contributed by atoms with Crippen molar-refractivity contribution in [2.24, 2.45) is 0 Å². The lowest BCUT2D eigenvalue weighted by Crippen LogP contribution is -2.46. The summed E-state index contributed by atoms with van der Waals surface area (Å²) in [6, 6.07) is -0.705. The summed E-state index contributed by atoms with van der Waals surface area (Å²) in [6.07, 6.45) is 3.46. The van der Waals surface area contributed by atoms with Crippen LogP contribution < -0.4 is 5.32 Å². The summed E-state index contributed by atoms with van der Waals surface area (Å²) in [5.41, 5.74) is 0.763. The van der Waals surface area contributed by atoms with Crippen molar-refractivity contribution in [1.29, 1.82) is 0 Å². The van der Waals surface area contributed by atoms with E-state index in [2.05, 4.69) is 15.3 Å². The normalized spacial score (nSPS) is 12.2. The zero-order valence-corrected chi connectivity index (χ0v) is 11.5. The molecule has 0 spiro atoms. The number of ether oxygens (including phenoxy) is 1. The quantitative estimate of drug-likeness (QED) is 0.655. The van der Waals surface area contributed by atoms with Gasteiger partial charge in [0.2, 0.25) is 5.91 Å². The van der Waals surface area contributed by atoms with E-state index in [1.807, 2.05) is 18.9 Å². The second kappa shape index (κ2) is 7.52. The Bertz CT molecular complexity index is 405. The summed E-state index contributed by atoms with van der Waals surface area (Å²) in [5.74, 6) is -0.679. The highest BCUT2D eigenvalue weighted by Crippen LogP contribution is 2.00. The fourth-order valence-corrected chi connectivity index (χ4v) is 1.55. The summed E-state index contributed by atoms with van der Waals surface area (Å²) in [5, 5.41) is 2.67. The van der Waals surface area contributed by atoms with E-state index < -0.39 is 12.0 Å². The van der Waals surface area contributed by atoms with Crippen molar-refractivity contribution in [1.82, 2.24) is 20.2 Å². The van der Waals surface area contributed by atoms with E-state index in [1.54, 1.807) is 6.20 Å². The molecule has 7 nitrogen and oxygen atoms in total. The molecule has 0 aliphatic rings. The topological polar surface area (TPSA) is 87.3 Å². The number of esters is 1. The summed E-state index contributed by atoms with van der Waals surface area (Å²) in [7, 11) is 3.13. The van der Waals surface area contributed by atoms with E-state index in [0.717, 1.165) is 12.2 Å². The van der Waals surface area contributed by atoms with Gasteiger partial charge in [-0.3, -0.25) is 9.69 Å². The molecule has 0 aliphatic heterocycles. The number of carbonyl (C=O) groups excluding carboxylic acids is 2. The van der Waals surface area contributed by atoms with Crippen molar-refractivity contribution in [2.45, 2.75) is 19.4 Å². The number of imidazole rings is 1. The van der Waals surface area contributed by atoms with Gasteiger partial charge in [-0.2, -0.15) is 0 Å². The summed E-state index contributed by atoms with van der Waals surface area (Å²) < 4.78 is 4.69. The molecule has 0 aliphatic carbocycles. The van der Waals surface area contributed by atoms with Crippen LogP contribution in [0.5, 0.6) is 0 Å². The fraction of sp³-hybridized carbons (Fsp3) is 0.583. The van der Waals surface area contributed by atoms with Gasteiger partial charge >= 0.3 is 5.97 Å². The van der Waals surface area contributed by atoms with Crippen LogP contribution in [0.25, 0.3) is 0 Å². The lowest BCUT2D eigenvalue weighted by molar-refractivity contribution is -0.145. The van der Waals surface area contributed by atoms with Crippen molar-refractivity contribution in [3.8, 4) is 0 Å². The number of aromatic nitrogens is 2. The second-order valence-corrected chi connectivity index (χ2v) is 4.25. The molecule has 0 unspecified atom stereocenters.